The van der Waals surface area contributed by atoms with Gasteiger partial charge in [0.15, 0.2) is 5.13 Å². The zero-order chi connectivity index (χ0) is 17.1. The van der Waals surface area contributed by atoms with Gasteiger partial charge >= 0.3 is 0 Å². The van der Waals surface area contributed by atoms with Crippen LogP contribution in [0.5, 0.6) is 0 Å². The van der Waals surface area contributed by atoms with Crippen LogP contribution in [-0.2, 0) is 14.4 Å². The third-order valence-corrected chi connectivity index (χ3v) is 4.62. The fraction of sp³-hybridized carbons (Fsp3) is 0.250. The Bertz CT molecular complexity index is 772. The molecule has 0 atom stereocenters. The zero-order valence-electron chi connectivity index (χ0n) is 12.6. The maximum atomic E-state index is 12.0. The number of thiazole rings is 1. The lowest BCUT2D eigenvalue weighted by Crippen LogP contribution is -2.32. The Balaban J connectivity index is 1.56. The van der Waals surface area contributed by atoms with Gasteiger partial charge in [-0.1, -0.05) is 23.7 Å². The van der Waals surface area contributed by atoms with E-state index in [4.69, 9.17) is 11.6 Å². The fourth-order valence-electron chi connectivity index (χ4n) is 2.35. The first-order valence-electron chi connectivity index (χ1n) is 7.37. The monoisotopic (exact) mass is 363 g/mol. The largest absolute Gasteiger partial charge is 0.302 e. The minimum absolute atomic E-state index is 0.0628. The number of amides is 3. The zero-order valence-corrected chi connectivity index (χ0v) is 14.2. The minimum atomic E-state index is -0.278. The summed E-state index contributed by atoms with van der Waals surface area (Å²) in [5.41, 5.74) is 1.65. The number of nitrogens with one attached hydrogen (secondary N) is 1. The van der Waals surface area contributed by atoms with Gasteiger partial charge in [-0.15, -0.1) is 11.3 Å². The number of hydrogen-bond donors (Lipinski definition) is 1. The molecular weight excluding hydrogens is 350 g/mol. The van der Waals surface area contributed by atoms with E-state index in [-0.39, 0.29) is 43.5 Å². The van der Waals surface area contributed by atoms with Crippen molar-refractivity contribution in [3.8, 4) is 11.3 Å². The van der Waals surface area contributed by atoms with Crippen LogP contribution >= 0.6 is 22.9 Å². The average molecular weight is 364 g/mol. The first-order valence-corrected chi connectivity index (χ1v) is 8.63. The lowest BCUT2D eigenvalue weighted by atomic mass is 10.2. The van der Waals surface area contributed by atoms with E-state index in [1.807, 2.05) is 17.5 Å². The SMILES string of the molecule is O=C(CCN1C(=O)CCC1=O)Nc1nc(-c2ccc(Cl)cc2)cs1. The van der Waals surface area contributed by atoms with Gasteiger partial charge in [0.2, 0.25) is 17.7 Å². The molecule has 0 saturated carbocycles. The van der Waals surface area contributed by atoms with Gasteiger partial charge in [-0.05, 0) is 12.1 Å². The molecule has 0 aliphatic carbocycles. The van der Waals surface area contributed by atoms with E-state index in [0.29, 0.717) is 10.2 Å². The molecule has 1 aromatic heterocycles. The number of imide groups is 1. The number of likely N-dealkylation sites (tertiary alicyclic amines) is 1. The van der Waals surface area contributed by atoms with Crippen LogP contribution in [0.25, 0.3) is 11.3 Å². The summed E-state index contributed by atoms with van der Waals surface area (Å²) in [6.45, 7) is 0.110. The van der Waals surface area contributed by atoms with Crippen molar-refractivity contribution in [3.05, 3.63) is 34.7 Å². The Morgan fingerprint density at radius 2 is 1.88 bits per heavy atom. The van der Waals surface area contributed by atoms with Crippen LogP contribution < -0.4 is 5.32 Å². The molecule has 1 N–H and O–H groups in total. The van der Waals surface area contributed by atoms with E-state index in [1.54, 1.807) is 12.1 Å². The molecule has 1 aliphatic rings. The summed E-state index contributed by atoms with van der Waals surface area (Å²) in [6.07, 6.45) is 0.530. The molecule has 8 heteroatoms. The van der Waals surface area contributed by atoms with E-state index in [9.17, 15) is 14.4 Å². The molecule has 0 bridgehead atoms. The van der Waals surface area contributed by atoms with Crippen molar-refractivity contribution in [2.45, 2.75) is 19.3 Å². The third kappa shape index (κ3) is 3.80. The van der Waals surface area contributed by atoms with Crippen LogP contribution in [0.15, 0.2) is 29.6 Å². The second-order valence-electron chi connectivity index (χ2n) is 5.28. The van der Waals surface area contributed by atoms with Crippen LogP contribution in [0, 0.1) is 0 Å². The number of halogens is 1. The highest BCUT2D eigenvalue weighted by Crippen LogP contribution is 2.26. The van der Waals surface area contributed by atoms with E-state index in [2.05, 4.69) is 10.3 Å². The molecule has 0 radical (unpaired) electrons. The van der Waals surface area contributed by atoms with Crippen LogP contribution in [-0.4, -0.2) is 34.2 Å². The number of hydrogen-bond acceptors (Lipinski definition) is 5. The molecular formula is C16H14ClN3O3S. The van der Waals surface area contributed by atoms with Crippen molar-refractivity contribution in [1.82, 2.24) is 9.88 Å². The van der Waals surface area contributed by atoms with Crippen LogP contribution in [0.4, 0.5) is 5.13 Å². The number of benzene rings is 1. The van der Waals surface area contributed by atoms with Gasteiger partial charge in [0.05, 0.1) is 5.69 Å². The van der Waals surface area contributed by atoms with E-state index in [0.717, 1.165) is 16.2 Å². The summed E-state index contributed by atoms with van der Waals surface area (Å²) in [4.78, 5) is 40.4. The maximum Gasteiger partial charge on any atom is 0.229 e. The van der Waals surface area contributed by atoms with Gasteiger partial charge in [0.25, 0.3) is 0 Å². The highest BCUT2D eigenvalue weighted by molar-refractivity contribution is 7.14. The Morgan fingerprint density at radius 3 is 2.54 bits per heavy atom. The molecule has 0 spiro atoms. The Labute approximate surface area is 147 Å². The van der Waals surface area contributed by atoms with Crippen molar-refractivity contribution in [3.63, 3.8) is 0 Å². The average Bonchev–Trinajstić information content (AvgIpc) is 3.14. The van der Waals surface area contributed by atoms with Crippen LogP contribution in [0.1, 0.15) is 19.3 Å². The fourth-order valence-corrected chi connectivity index (χ4v) is 3.21. The standard InChI is InChI=1S/C16H14ClN3O3S/c17-11-3-1-10(2-4-11)12-9-24-16(18-12)19-13(21)7-8-20-14(22)5-6-15(20)23/h1-4,9H,5-8H2,(H,18,19,21). The topological polar surface area (TPSA) is 79.4 Å². The van der Waals surface area contributed by atoms with Gasteiger partial charge in [-0.3, -0.25) is 19.3 Å². The second-order valence-corrected chi connectivity index (χ2v) is 6.58. The normalized spacial score (nSPS) is 14.3. The number of carbonyl (C=O) groups is 3. The van der Waals surface area contributed by atoms with Gasteiger partial charge in [-0.25, -0.2) is 4.98 Å². The smallest absolute Gasteiger partial charge is 0.229 e. The van der Waals surface area contributed by atoms with Gasteiger partial charge in [0.1, 0.15) is 0 Å². The number of rotatable bonds is 5. The first kappa shape index (κ1) is 16.6. The van der Waals surface area contributed by atoms with Crippen molar-refractivity contribution in [1.29, 1.82) is 0 Å². The summed E-state index contributed by atoms with van der Waals surface area (Å²) in [5, 5.41) is 5.65. The summed E-state index contributed by atoms with van der Waals surface area (Å²) in [5.74, 6) is -0.710. The highest BCUT2D eigenvalue weighted by Gasteiger charge is 2.28. The summed E-state index contributed by atoms with van der Waals surface area (Å²) < 4.78 is 0. The number of aromatic nitrogens is 1. The molecule has 1 aliphatic heterocycles. The Morgan fingerprint density at radius 1 is 1.21 bits per heavy atom. The summed E-state index contributed by atoms with van der Waals surface area (Å²) >= 11 is 7.17. The number of nitrogens with zero attached hydrogens (tertiary/aromatic N) is 2. The predicted molar refractivity (Wildman–Crippen MR) is 91.8 cm³/mol. The molecule has 1 aromatic carbocycles. The molecule has 6 nitrogen and oxygen atoms in total. The molecule has 2 aromatic rings. The van der Waals surface area contributed by atoms with E-state index >= 15 is 0 Å². The lowest BCUT2D eigenvalue weighted by Gasteiger charge is -2.12. The van der Waals surface area contributed by atoms with Gasteiger partial charge < -0.3 is 5.32 Å². The molecule has 124 valence electrons. The van der Waals surface area contributed by atoms with Crippen molar-refractivity contribution in [2.75, 3.05) is 11.9 Å². The molecule has 2 heterocycles. The van der Waals surface area contributed by atoms with Crippen molar-refractivity contribution < 1.29 is 14.4 Å². The lowest BCUT2D eigenvalue weighted by molar-refractivity contribution is -0.138. The Kier molecular flexibility index (Phi) is 4.92. The van der Waals surface area contributed by atoms with Crippen molar-refractivity contribution >= 4 is 45.8 Å². The predicted octanol–water partition coefficient (Wildman–Crippen LogP) is 2.94. The molecule has 3 amide bonds. The highest BCUT2D eigenvalue weighted by atomic mass is 35.5. The number of anilines is 1. The van der Waals surface area contributed by atoms with E-state index in [1.165, 1.54) is 11.3 Å². The summed E-state index contributed by atoms with van der Waals surface area (Å²) in [6, 6.07) is 7.26. The van der Waals surface area contributed by atoms with Crippen LogP contribution in [0.2, 0.25) is 5.02 Å². The third-order valence-electron chi connectivity index (χ3n) is 3.61. The summed E-state index contributed by atoms with van der Waals surface area (Å²) in [7, 11) is 0. The van der Waals surface area contributed by atoms with Crippen LogP contribution in [0.3, 0.4) is 0 Å². The maximum absolute atomic E-state index is 12.0. The molecule has 24 heavy (non-hydrogen) atoms. The first-order chi connectivity index (χ1) is 11.5. The molecule has 3 rings (SSSR count). The minimum Gasteiger partial charge on any atom is -0.302 e. The molecule has 1 fully saturated rings. The number of carbonyl (C=O) groups excluding carboxylic acids is 3. The van der Waals surface area contributed by atoms with Gasteiger partial charge in [-0.2, -0.15) is 0 Å². The van der Waals surface area contributed by atoms with Gasteiger partial charge in [0, 0.05) is 41.8 Å². The Hall–Kier alpha value is -2.25. The quantitative estimate of drug-likeness (QED) is 0.828. The molecule has 1 saturated heterocycles. The van der Waals surface area contributed by atoms with Crippen molar-refractivity contribution in [2.24, 2.45) is 0 Å². The molecule has 0 unspecified atom stereocenters. The second kappa shape index (κ2) is 7.11. The van der Waals surface area contributed by atoms with E-state index < -0.39 is 0 Å².